The highest BCUT2D eigenvalue weighted by molar-refractivity contribution is 5.78. The molecule has 0 aliphatic heterocycles. The highest BCUT2D eigenvalue weighted by Gasteiger charge is 2.26. The Morgan fingerprint density at radius 2 is 1.83 bits per heavy atom. The van der Waals surface area contributed by atoms with Crippen LogP contribution < -0.4 is 10.6 Å². The van der Waals surface area contributed by atoms with Crippen molar-refractivity contribution in [2.24, 2.45) is 5.92 Å². The van der Waals surface area contributed by atoms with Crippen LogP contribution in [0.2, 0.25) is 0 Å². The minimum atomic E-state index is 0.000225. The summed E-state index contributed by atoms with van der Waals surface area (Å²) >= 11 is 0. The van der Waals surface area contributed by atoms with Gasteiger partial charge >= 0.3 is 6.03 Å². The summed E-state index contributed by atoms with van der Waals surface area (Å²) in [5.41, 5.74) is 0. The molecule has 5 nitrogen and oxygen atoms in total. The van der Waals surface area contributed by atoms with Crippen molar-refractivity contribution in [1.82, 2.24) is 15.5 Å². The van der Waals surface area contributed by atoms with Crippen molar-refractivity contribution in [3.8, 4) is 0 Å². The first kappa shape index (κ1) is 14.8. The Morgan fingerprint density at radius 3 is 2.33 bits per heavy atom. The number of nitrogens with one attached hydrogen (secondary N) is 2. The molecule has 1 aliphatic carbocycles. The van der Waals surface area contributed by atoms with Gasteiger partial charge in [0, 0.05) is 32.6 Å². The van der Waals surface area contributed by atoms with E-state index in [-0.39, 0.29) is 23.9 Å². The normalized spacial score (nSPS) is 23.3. The minimum absolute atomic E-state index is 0.000225. The van der Waals surface area contributed by atoms with Crippen LogP contribution in [0, 0.1) is 5.92 Å². The molecule has 1 fully saturated rings. The monoisotopic (exact) mass is 255 g/mol. The summed E-state index contributed by atoms with van der Waals surface area (Å²) in [7, 11) is 3.49. The molecule has 5 heteroatoms. The van der Waals surface area contributed by atoms with E-state index in [9.17, 15) is 9.59 Å². The van der Waals surface area contributed by atoms with E-state index in [1.54, 1.807) is 11.9 Å². The lowest BCUT2D eigenvalue weighted by molar-refractivity contribution is -0.125. The van der Waals surface area contributed by atoms with E-state index in [0.29, 0.717) is 0 Å². The topological polar surface area (TPSA) is 61.4 Å². The number of rotatable bonds is 4. The minimum Gasteiger partial charge on any atom is -0.359 e. The molecule has 0 radical (unpaired) electrons. The number of carbonyl (C=O) groups excluding carboxylic acids is 2. The van der Waals surface area contributed by atoms with Crippen molar-refractivity contribution in [3.63, 3.8) is 0 Å². The molecule has 104 valence electrons. The summed E-state index contributed by atoms with van der Waals surface area (Å²) in [6.07, 6.45) is 4.48. The fraction of sp³-hybridized carbons (Fsp3) is 0.846. The lowest BCUT2D eigenvalue weighted by Gasteiger charge is -2.29. The van der Waals surface area contributed by atoms with E-state index in [2.05, 4.69) is 17.6 Å². The average Bonchev–Trinajstić information content (AvgIpc) is 2.39. The average molecular weight is 255 g/mol. The first-order valence-electron chi connectivity index (χ1n) is 6.81. The highest BCUT2D eigenvalue weighted by Crippen LogP contribution is 2.24. The Morgan fingerprint density at radius 1 is 1.22 bits per heavy atom. The van der Waals surface area contributed by atoms with Gasteiger partial charge in [-0.15, -0.1) is 0 Å². The van der Waals surface area contributed by atoms with Crippen LogP contribution in [0.1, 0.15) is 39.0 Å². The molecule has 0 aromatic carbocycles. The molecule has 1 aliphatic rings. The van der Waals surface area contributed by atoms with Gasteiger partial charge in [0.05, 0.1) is 0 Å². The molecule has 3 amide bonds. The molecular formula is C13H25N3O2. The summed E-state index contributed by atoms with van der Waals surface area (Å²) < 4.78 is 0. The zero-order valence-corrected chi connectivity index (χ0v) is 11.7. The summed E-state index contributed by atoms with van der Waals surface area (Å²) in [6.45, 7) is 2.83. The SMILES string of the molecule is CCCN(C)C(=O)NC1CCC(C(=O)NC)CC1. The predicted octanol–water partition coefficient (Wildman–Crippen LogP) is 1.34. The van der Waals surface area contributed by atoms with Crippen molar-refractivity contribution in [3.05, 3.63) is 0 Å². The molecule has 1 rings (SSSR count). The van der Waals surface area contributed by atoms with Gasteiger partial charge in [-0.25, -0.2) is 4.79 Å². The number of hydrogen-bond donors (Lipinski definition) is 2. The third-order valence-corrected chi connectivity index (χ3v) is 3.58. The van der Waals surface area contributed by atoms with Crippen molar-refractivity contribution in [1.29, 1.82) is 0 Å². The lowest BCUT2D eigenvalue weighted by atomic mass is 9.85. The molecule has 0 spiro atoms. The molecule has 0 unspecified atom stereocenters. The van der Waals surface area contributed by atoms with E-state index in [4.69, 9.17) is 0 Å². The van der Waals surface area contributed by atoms with Gasteiger partial charge in [0.1, 0.15) is 0 Å². The van der Waals surface area contributed by atoms with E-state index in [1.165, 1.54) is 0 Å². The molecule has 1 saturated carbocycles. The zero-order chi connectivity index (χ0) is 13.5. The third-order valence-electron chi connectivity index (χ3n) is 3.58. The molecule has 0 atom stereocenters. The van der Waals surface area contributed by atoms with E-state index in [0.717, 1.165) is 38.6 Å². The summed E-state index contributed by atoms with van der Waals surface area (Å²) in [5, 5.41) is 5.73. The second-order valence-corrected chi connectivity index (χ2v) is 5.03. The van der Waals surface area contributed by atoms with E-state index in [1.807, 2.05) is 7.05 Å². The maximum Gasteiger partial charge on any atom is 0.317 e. The number of urea groups is 1. The van der Waals surface area contributed by atoms with Crippen LogP contribution in [-0.2, 0) is 4.79 Å². The van der Waals surface area contributed by atoms with Crippen LogP contribution in [-0.4, -0.2) is 43.5 Å². The van der Waals surface area contributed by atoms with Crippen LogP contribution in [0.3, 0.4) is 0 Å². The van der Waals surface area contributed by atoms with Crippen molar-refractivity contribution in [2.75, 3.05) is 20.6 Å². The molecule has 0 aromatic heterocycles. The maximum atomic E-state index is 11.8. The standard InChI is InChI=1S/C13H25N3O2/c1-4-9-16(3)13(18)15-11-7-5-10(6-8-11)12(17)14-2/h10-11H,4-9H2,1-3H3,(H,14,17)(H,15,18). The summed E-state index contributed by atoms with van der Waals surface area (Å²) in [5.74, 6) is 0.249. The quantitative estimate of drug-likeness (QED) is 0.796. The predicted molar refractivity (Wildman–Crippen MR) is 71.3 cm³/mol. The van der Waals surface area contributed by atoms with Crippen LogP contribution in [0.4, 0.5) is 4.79 Å². The largest absolute Gasteiger partial charge is 0.359 e. The van der Waals surface area contributed by atoms with Crippen LogP contribution in [0.5, 0.6) is 0 Å². The second kappa shape index (κ2) is 7.24. The van der Waals surface area contributed by atoms with Gasteiger partial charge in [-0.1, -0.05) is 6.92 Å². The van der Waals surface area contributed by atoms with E-state index < -0.39 is 0 Å². The van der Waals surface area contributed by atoms with Gasteiger partial charge in [0.25, 0.3) is 0 Å². The van der Waals surface area contributed by atoms with Gasteiger partial charge in [0.2, 0.25) is 5.91 Å². The lowest BCUT2D eigenvalue weighted by Crippen LogP contribution is -2.45. The Bertz CT molecular complexity index is 286. The number of nitrogens with zero attached hydrogens (tertiary/aromatic N) is 1. The van der Waals surface area contributed by atoms with Gasteiger partial charge < -0.3 is 15.5 Å². The summed E-state index contributed by atoms with van der Waals surface area (Å²) in [4.78, 5) is 25.0. The number of hydrogen-bond acceptors (Lipinski definition) is 2. The van der Waals surface area contributed by atoms with Crippen LogP contribution in [0.15, 0.2) is 0 Å². The maximum absolute atomic E-state index is 11.8. The Labute approximate surface area is 109 Å². The molecule has 2 N–H and O–H groups in total. The Balaban J connectivity index is 2.31. The van der Waals surface area contributed by atoms with Crippen LogP contribution in [0.25, 0.3) is 0 Å². The molecule has 0 saturated heterocycles. The fourth-order valence-corrected chi connectivity index (χ4v) is 2.43. The number of amides is 3. The molecule has 18 heavy (non-hydrogen) atoms. The fourth-order valence-electron chi connectivity index (χ4n) is 2.43. The molecule has 0 aromatic rings. The first-order chi connectivity index (χ1) is 8.58. The number of carbonyl (C=O) groups is 2. The third kappa shape index (κ3) is 4.20. The second-order valence-electron chi connectivity index (χ2n) is 5.03. The smallest absolute Gasteiger partial charge is 0.317 e. The van der Waals surface area contributed by atoms with Gasteiger partial charge in [0.15, 0.2) is 0 Å². The summed E-state index contributed by atoms with van der Waals surface area (Å²) in [6, 6.07) is 0.220. The van der Waals surface area contributed by atoms with Gasteiger partial charge in [-0.05, 0) is 32.1 Å². The Kier molecular flexibility index (Phi) is 5.95. The van der Waals surface area contributed by atoms with Gasteiger partial charge in [-0.3, -0.25) is 4.79 Å². The molecule has 0 bridgehead atoms. The van der Waals surface area contributed by atoms with Gasteiger partial charge in [-0.2, -0.15) is 0 Å². The molecule has 0 heterocycles. The zero-order valence-electron chi connectivity index (χ0n) is 11.7. The van der Waals surface area contributed by atoms with Crippen molar-refractivity contribution in [2.45, 2.75) is 45.1 Å². The van der Waals surface area contributed by atoms with Crippen molar-refractivity contribution < 1.29 is 9.59 Å². The molecular weight excluding hydrogens is 230 g/mol. The Hall–Kier alpha value is -1.26. The van der Waals surface area contributed by atoms with Crippen molar-refractivity contribution >= 4 is 11.9 Å². The van der Waals surface area contributed by atoms with Crippen LogP contribution >= 0.6 is 0 Å². The highest BCUT2D eigenvalue weighted by atomic mass is 16.2. The first-order valence-corrected chi connectivity index (χ1v) is 6.81. The van der Waals surface area contributed by atoms with E-state index >= 15 is 0 Å².